The highest BCUT2D eigenvalue weighted by molar-refractivity contribution is 9.10. The monoisotopic (exact) mass is 374 g/mol. The van der Waals surface area contributed by atoms with Crippen LogP contribution in [0.2, 0.25) is 0 Å². The van der Waals surface area contributed by atoms with Crippen LogP contribution in [-0.2, 0) is 21.2 Å². The van der Waals surface area contributed by atoms with Crippen molar-refractivity contribution < 1.29 is 13.2 Å². The molecule has 0 atom stereocenters. The number of rotatable bonds is 2. The van der Waals surface area contributed by atoms with Crippen molar-refractivity contribution in [3.05, 3.63) is 22.2 Å². The lowest BCUT2D eigenvalue weighted by Gasteiger charge is -2.24. The average Bonchev–Trinajstić information content (AvgIpc) is 2.67. The van der Waals surface area contributed by atoms with E-state index in [1.54, 1.807) is 26.8 Å². The first-order chi connectivity index (χ1) is 9.51. The number of carbonyl (C=O) groups is 1. The Hall–Kier alpha value is -0.920. The topological polar surface area (TPSA) is 66.5 Å². The average molecular weight is 375 g/mol. The summed E-state index contributed by atoms with van der Waals surface area (Å²) in [7, 11) is -3.71. The molecule has 0 aliphatic carbocycles. The molecule has 116 valence electrons. The van der Waals surface area contributed by atoms with Gasteiger partial charge < -0.3 is 4.90 Å². The summed E-state index contributed by atoms with van der Waals surface area (Å²) in [4.78, 5) is 13.4. The van der Waals surface area contributed by atoms with Gasteiger partial charge in [-0.25, -0.2) is 13.1 Å². The number of benzene rings is 1. The summed E-state index contributed by atoms with van der Waals surface area (Å²) in [6.07, 6.45) is 0.659. The Morgan fingerprint density at radius 1 is 1.33 bits per heavy atom. The molecule has 0 fully saturated rings. The molecular weight excluding hydrogens is 356 g/mol. The minimum atomic E-state index is -3.71. The van der Waals surface area contributed by atoms with Crippen LogP contribution in [-0.4, -0.2) is 26.4 Å². The molecule has 21 heavy (non-hydrogen) atoms. The quantitative estimate of drug-likeness (QED) is 0.864. The van der Waals surface area contributed by atoms with Gasteiger partial charge in [-0.3, -0.25) is 4.79 Å². The SMILES string of the molecule is CC(=O)N1CCc2cc(Br)cc(S(=O)(=O)NC(C)(C)C)c21. The number of halogens is 1. The molecule has 0 saturated carbocycles. The molecule has 1 heterocycles. The predicted octanol–water partition coefficient (Wildman–Crippen LogP) is 2.43. The van der Waals surface area contributed by atoms with E-state index in [0.717, 1.165) is 5.56 Å². The van der Waals surface area contributed by atoms with Crippen LogP contribution in [0.3, 0.4) is 0 Å². The molecule has 0 saturated heterocycles. The van der Waals surface area contributed by atoms with Crippen molar-refractivity contribution in [3.8, 4) is 0 Å². The Balaban J connectivity index is 2.63. The number of sulfonamides is 1. The summed E-state index contributed by atoms with van der Waals surface area (Å²) < 4.78 is 28.7. The van der Waals surface area contributed by atoms with E-state index in [0.29, 0.717) is 23.1 Å². The second kappa shape index (κ2) is 5.37. The molecule has 0 radical (unpaired) electrons. The van der Waals surface area contributed by atoms with Gasteiger partial charge >= 0.3 is 0 Å². The number of hydrogen-bond donors (Lipinski definition) is 1. The Morgan fingerprint density at radius 2 is 1.95 bits per heavy atom. The standard InChI is InChI=1S/C14H19BrN2O3S/c1-9(18)17-6-5-10-7-11(15)8-12(13(10)17)21(19,20)16-14(2,3)4/h7-8,16H,5-6H2,1-4H3. The third kappa shape index (κ3) is 3.46. The van der Waals surface area contributed by atoms with Crippen LogP contribution in [0.15, 0.2) is 21.5 Å². The van der Waals surface area contributed by atoms with Gasteiger partial charge in [-0.1, -0.05) is 15.9 Å². The number of anilines is 1. The number of hydrogen-bond acceptors (Lipinski definition) is 3. The first-order valence-corrected chi connectivity index (χ1v) is 8.93. The normalized spacial score (nSPS) is 15.2. The molecule has 7 heteroatoms. The molecule has 0 aromatic heterocycles. The molecule has 1 aliphatic rings. The maximum Gasteiger partial charge on any atom is 0.243 e. The van der Waals surface area contributed by atoms with E-state index < -0.39 is 15.6 Å². The molecule has 1 N–H and O–H groups in total. The van der Waals surface area contributed by atoms with Crippen molar-refractivity contribution in [2.75, 3.05) is 11.4 Å². The van der Waals surface area contributed by atoms with Crippen LogP contribution < -0.4 is 9.62 Å². The van der Waals surface area contributed by atoms with E-state index in [2.05, 4.69) is 20.7 Å². The molecule has 1 aromatic carbocycles. The van der Waals surface area contributed by atoms with Crippen molar-refractivity contribution in [2.45, 2.75) is 44.6 Å². The Kier molecular flexibility index (Phi) is 4.21. The molecule has 1 aliphatic heterocycles. The summed E-state index contributed by atoms with van der Waals surface area (Å²) >= 11 is 3.35. The first kappa shape index (κ1) is 16.5. The highest BCUT2D eigenvalue weighted by Gasteiger charge is 2.32. The van der Waals surface area contributed by atoms with Gasteiger partial charge in [-0.05, 0) is 44.9 Å². The van der Waals surface area contributed by atoms with Gasteiger partial charge in [-0.15, -0.1) is 0 Å². The molecule has 0 bridgehead atoms. The van der Waals surface area contributed by atoms with Crippen molar-refractivity contribution in [1.82, 2.24) is 4.72 Å². The van der Waals surface area contributed by atoms with Crippen LogP contribution in [0, 0.1) is 0 Å². The minimum Gasteiger partial charge on any atom is -0.311 e. The maximum absolute atomic E-state index is 12.7. The molecule has 5 nitrogen and oxygen atoms in total. The van der Waals surface area contributed by atoms with Crippen LogP contribution in [0.25, 0.3) is 0 Å². The fourth-order valence-corrected chi connectivity index (χ4v) is 4.80. The van der Waals surface area contributed by atoms with Gasteiger partial charge in [0.2, 0.25) is 15.9 Å². The van der Waals surface area contributed by atoms with Gasteiger partial charge in [0, 0.05) is 23.5 Å². The Bertz CT molecular complexity index is 693. The van der Waals surface area contributed by atoms with Crippen LogP contribution in [0.5, 0.6) is 0 Å². The number of nitrogens with one attached hydrogen (secondary N) is 1. The number of amides is 1. The minimum absolute atomic E-state index is 0.148. The third-order valence-electron chi connectivity index (χ3n) is 3.10. The highest BCUT2D eigenvalue weighted by atomic mass is 79.9. The van der Waals surface area contributed by atoms with Gasteiger partial charge in [0.05, 0.1) is 5.69 Å². The predicted molar refractivity (Wildman–Crippen MR) is 85.9 cm³/mol. The largest absolute Gasteiger partial charge is 0.311 e. The second-order valence-corrected chi connectivity index (χ2v) is 8.75. The molecule has 1 amide bonds. The molecule has 2 rings (SSSR count). The first-order valence-electron chi connectivity index (χ1n) is 6.66. The van der Waals surface area contributed by atoms with Crippen molar-refractivity contribution in [3.63, 3.8) is 0 Å². The van der Waals surface area contributed by atoms with E-state index in [1.165, 1.54) is 11.8 Å². The van der Waals surface area contributed by atoms with Crippen molar-refractivity contribution in [1.29, 1.82) is 0 Å². The third-order valence-corrected chi connectivity index (χ3v) is 5.33. The fraction of sp³-hybridized carbons (Fsp3) is 0.500. The Labute approximate surface area is 133 Å². The van der Waals surface area contributed by atoms with E-state index in [4.69, 9.17) is 0 Å². The van der Waals surface area contributed by atoms with Crippen molar-refractivity contribution >= 4 is 37.5 Å². The zero-order valence-corrected chi connectivity index (χ0v) is 14.9. The zero-order valence-electron chi connectivity index (χ0n) is 12.5. The van der Waals surface area contributed by atoms with E-state index in [1.807, 2.05) is 6.07 Å². The van der Waals surface area contributed by atoms with Gasteiger partial charge in [0.25, 0.3) is 0 Å². The van der Waals surface area contributed by atoms with Gasteiger partial charge in [0.15, 0.2) is 0 Å². The molecule has 0 unspecified atom stereocenters. The number of nitrogens with zero attached hydrogens (tertiary/aromatic N) is 1. The van der Waals surface area contributed by atoms with E-state index in [-0.39, 0.29) is 10.8 Å². The van der Waals surface area contributed by atoms with Gasteiger partial charge in [-0.2, -0.15) is 0 Å². The summed E-state index contributed by atoms with van der Waals surface area (Å²) in [6, 6.07) is 3.42. The van der Waals surface area contributed by atoms with Crippen LogP contribution >= 0.6 is 15.9 Å². The van der Waals surface area contributed by atoms with Crippen LogP contribution in [0.1, 0.15) is 33.3 Å². The fourth-order valence-electron chi connectivity index (χ4n) is 2.45. The summed E-state index contributed by atoms with van der Waals surface area (Å²) in [5, 5.41) is 0. The van der Waals surface area contributed by atoms with Crippen molar-refractivity contribution in [2.24, 2.45) is 0 Å². The zero-order chi connectivity index (χ0) is 16.0. The molecule has 1 aromatic rings. The molecule has 0 spiro atoms. The summed E-state index contributed by atoms with van der Waals surface area (Å²) in [6.45, 7) is 7.31. The molecular formula is C14H19BrN2O3S. The highest BCUT2D eigenvalue weighted by Crippen LogP contribution is 2.37. The maximum atomic E-state index is 12.7. The second-order valence-electron chi connectivity index (χ2n) is 6.19. The van der Waals surface area contributed by atoms with E-state index >= 15 is 0 Å². The lowest BCUT2D eigenvalue weighted by molar-refractivity contribution is -0.116. The number of carbonyl (C=O) groups excluding carboxylic acids is 1. The van der Waals surface area contributed by atoms with Gasteiger partial charge in [0.1, 0.15) is 4.90 Å². The summed E-state index contributed by atoms with van der Waals surface area (Å²) in [5.74, 6) is -0.150. The van der Waals surface area contributed by atoms with E-state index in [9.17, 15) is 13.2 Å². The lowest BCUT2D eigenvalue weighted by Crippen LogP contribution is -2.41. The smallest absolute Gasteiger partial charge is 0.243 e. The number of fused-ring (bicyclic) bond motifs is 1. The summed E-state index contributed by atoms with van der Waals surface area (Å²) in [5.41, 5.74) is 0.782. The lowest BCUT2D eigenvalue weighted by atomic mass is 10.1. The Morgan fingerprint density at radius 3 is 2.48 bits per heavy atom. The van der Waals surface area contributed by atoms with Crippen LogP contribution in [0.4, 0.5) is 5.69 Å².